The fraction of sp³-hybridized carbons (Fsp3) is 0.545. The Labute approximate surface area is 88.6 Å². The van der Waals surface area contributed by atoms with Crippen molar-refractivity contribution in [3.63, 3.8) is 0 Å². The summed E-state index contributed by atoms with van der Waals surface area (Å²) in [5, 5.41) is 2.80. The van der Waals surface area contributed by atoms with Crippen LogP contribution in [-0.2, 0) is 16.1 Å². The molecule has 1 aromatic rings. The van der Waals surface area contributed by atoms with Crippen molar-refractivity contribution in [2.45, 2.75) is 32.4 Å². The summed E-state index contributed by atoms with van der Waals surface area (Å²) < 4.78 is 10.6. The van der Waals surface area contributed by atoms with Gasteiger partial charge in [-0.15, -0.1) is 0 Å². The van der Waals surface area contributed by atoms with Gasteiger partial charge in [0.15, 0.2) is 0 Å². The van der Waals surface area contributed by atoms with Gasteiger partial charge in [0.1, 0.15) is 17.6 Å². The molecule has 1 saturated heterocycles. The first-order valence-electron chi connectivity index (χ1n) is 5.20. The molecule has 1 amide bonds. The standard InChI is InChI=1S/C11H15NO3/c1-8-4-5-9(15-8)7-12-11(13)10-3-2-6-14-10/h4-5,10H,2-3,6-7H2,1H3,(H,12,13). The van der Waals surface area contributed by atoms with Crippen LogP contribution in [0.5, 0.6) is 0 Å². The van der Waals surface area contributed by atoms with Crippen LogP contribution in [0.1, 0.15) is 24.4 Å². The molecule has 0 bridgehead atoms. The van der Waals surface area contributed by atoms with Crippen LogP contribution in [0.4, 0.5) is 0 Å². The van der Waals surface area contributed by atoms with Crippen molar-refractivity contribution < 1.29 is 13.9 Å². The van der Waals surface area contributed by atoms with E-state index in [0.717, 1.165) is 24.4 Å². The summed E-state index contributed by atoms with van der Waals surface area (Å²) in [7, 11) is 0. The lowest BCUT2D eigenvalue weighted by molar-refractivity contribution is -0.130. The SMILES string of the molecule is Cc1ccc(CNC(=O)C2CCCO2)o1. The molecular weight excluding hydrogens is 194 g/mol. The number of nitrogens with one attached hydrogen (secondary N) is 1. The van der Waals surface area contributed by atoms with E-state index in [1.165, 1.54) is 0 Å². The molecule has 0 aromatic carbocycles. The highest BCUT2D eigenvalue weighted by atomic mass is 16.5. The Bertz CT molecular complexity index is 339. The quantitative estimate of drug-likeness (QED) is 0.818. The molecule has 4 heteroatoms. The summed E-state index contributed by atoms with van der Waals surface area (Å²) in [6.07, 6.45) is 1.53. The number of hydrogen-bond acceptors (Lipinski definition) is 3. The largest absolute Gasteiger partial charge is 0.465 e. The number of ether oxygens (including phenoxy) is 1. The number of furan rings is 1. The van der Waals surface area contributed by atoms with E-state index in [2.05, 4.69) is 5.32 Å². The second-order valence-corrected chi connectivity index (χ2v) is 3.73. The highest BCUT2D eigenvalue weighted by Crippen LogP contribution is 2.12. The van der Waals surface area contributed by atoms with Gasteiger partial charge in [-0.2, -0.15) is 0 Å². The monoisotopic (exact) mass is 209 g/mol. The number of amides is 1. The zero-order chi connectivity index (χ0) is 10.7. The second-order valence-electron chi connectivity index (χ2n) is 3.73. The summed E-state index contributed by atoms with van der Waals surface area (Å²) in [6, 6.07) is 3.75. The third-order valence-electron chi connectivity index (χ3n) is 2.45. The van der Waals surface area contributed by atoms with Crippen LogP contribution in [0.15, 0.2) is 16.5 Å². The zero-order valence-corrected chi connectivity index (χ0v) is 8.79. The predicted molar refractivity (Wildman–Crippen MR) is 54.3 cm³/mol. The minimum absolute atomic E-state index is 0.0402. The van der Waals surface area contributed by atoms with Gasteiger partial charge in [-0.25, -0.2) is 0 Å². The first kappa shape index (κ1) is 10.2. The Kier molecular flexibility index (Phi) is 3.06. The number of rotatable bonds is 3. The minimum Gasteiger partial charge on any atom is -0.465 e. The third-order valence-corrected chi connectivity index (χ3v) is 2.45. The highest BCUT2D eigenvalue weighted by Gasteiger charge is 2.23. The van der Waals surface area contributed by atoms with Crippen molar-refractivity contribution in [2.24, 2.45) is 0 Å². The molecule has 0 saturated carbocycles. The van der Waals surface area contributed by atoms with Gasteiger partial charge in [0, 0.05) is 6.61 Å². The number of carbonyl (C=O) groups is 1. The predicted octanol–water partition coefficient (Wildman–Crippen LogP) is 1.38. The molecule has 4 nitrogen and oxygen atoms in total. The van der Waals surface area contributed by atoms with Gasteiger partial charge in [0.25, 0.3) is 0 Å². The maximum atomic E-state index is 11.5. The van der Waals surface area contributed by atoms with Crippen molar-refractivity contribution in [2.75, 3.05) is 6.61 Å². The Morgan fingerprint density at radius 1 is 1.60 bits per heavy atom. The average Bonchev–Trinajstić information content (AvgIpc) is 2.84. The van der Waals surface area contributed by atoms with Gasteiger partial charge in [-0.05, 0) is 31.9 Å². The Morgan fingerprint density at radius 3 is 3.07 bits per heavy atom. The zero-order valence-electron chi connectivity index (χ0n) is 8.79. The van der Waals surface area contributed by atoms with E-state index >= 15 is 0 Å². The van der Waals surface area contributed by atoms with E-state index < -0.39 is 0 Å². The maximum absolute atomic E-state index is 11.5. The van der Waals surface area contributed by atoms with E-state index in [-0.39, 0.29) is 12.0 Å². The van der Waals surface area contributed by atoms with Crippen molar-refractivity contribution in [1.82, 2.24) is 5.32 Å². The number of aryl methyl sites for hydroxylation is 1. The molecule has 1 aliphatic heterocycles. The number of carbonyl (C=O) groups excluding carboxylic acids is 1. The van der Waals surface area contributed by atoms with Crippen LogP contribution in [0.25, 0.3) is 0 Å². The first-order valence-corrected chi connectivity index (χ1v) is 5.20. The molecule has 0 radical (unpaired) electrons. The smallest absolute Gasteiger partial charge is 0.249 e. The number of hydrogen-bond donors (Lipinski definition) is 1. The van der Waals surface area contributed by atoms with Crippen LogP contribution >= 0.6 is 0 Å². The molecule has 2 rings (SSSR count). The van der Waals surface area contributed by atoms with Crippen molar-refractivity contribution >= 4 is 5.91 Å². The third kappa shape index (κ3) is 2.59. The van der Waals surface area contributed by atoms with E-state index in [1.807, 2.05) is 19.1 Å². The maximum Gasteiger partial charge on any atom is 0.249 e. The van der Waals surface area contributed by atoms with Crippen molar-refractivity contribution in [1.29, 1.82) is 0 Å². The lowest BCUT2D eigenvalue weighted by Gasteiger charge is -2.08. The van der Waals surface area contributed by atoms with Gasteiger partial charge in [0.2, 0.25) is 5.91 Å². The molecule has 15 heavy (non-hydrogen) atoms. The lowest BCUT2D eigenvalue weighted by Crippen LogP contribution is -2.33. The summed E-state index contributed by atoms with van der Waals surface area (Å²) in [4.78, 5) is 11.5. The van der Waals surface area contributed by atoms with Crippen LogP contribution < -0.4 is 5.32 Å². The topological polar surface area (TPSA) is 51.5 Å². The summed E-state index contributed by atoms with van der Waals surface area (Å²) in [5.74, 6) is 1.59. The molecule has 0 spiro atoms. The average molecular weight is 209 g/mol. The Morgan fingerprint density at radius 2 is 2.47 bits per heavy atom. The van der Waals surface area contributed by atoms with Gasteiger partial charge in [-0.1, -0.05) is 0 Å². The van der Waals surface area contributed by atoms with Gasteiger partial charge in [-0.3, -0.25) is 4.79 Å². The van der Waals surface area contributed by atoms with E-state index in [4.69, 9.17) is 9.15 Å². The van der Waals surface area contributed by atoms with E-state index in [9.17, 15) is 4.79 Å². The lowest BCUT2D eigenvalue weighted by atomic mass is 10.2. The highest BCUT2D eigenvalue weighted by molar-refractivity contribution is 5.80. The summed E-state index contributed by atoms with van der Waals surface area (Å²) >= 11 is 0. The molecule has 82 valence electrons. The van der Waals surface area contributed by atoms with Crippen molar-refractivity contribution in [3.8, 4) is 0 Å². The van der Waals surface area contributed by atoms with E-state index in [1.54, 1.807) is 0 Å². The molecule has 1 fully saturated rings. The molecule has 1 aliphatic rings. The molecule has 1 atom stereocenters. The van der Waals surface area contributed by atoms with Crippen molar-refractivity contribution in [3.05, 3.63) is 23.7 Å². The first-order chi connectivity index (χ1) is 7.25. The van der Waals surface area contributed by atoms with Gasteiger partial charge >= 0.3 is 0 Å². The Balaban J connectivity index is 1.80. The fourth-order valence-electron chi connectivity index (χ4n) is 1.65. The fourth-order valence-corrected chi connectivity index (χ4v) is 1.65. The second kappa shape index (κ2) is 4.49. The van der Waals surface area contributed by atoms with E-state index in [0.29, 0.717) is 13.2 Å². The summed E-state index contributed by atoms with van der Waals surface area (Å²) in [6.45, 7) is 3.01. The molecule has 0 aliphatic carbocycles. The van der Waals surface area contributed by atoms with Crippen LogP contribution in [0.2, 0.25) is 0 Å². The van der Waals surface area contributed by atoms with Gasteiger partial charge < -0.3 is 14.5 Å². The molecule has 1 N–H and O–H groups in total. The summed E-state index contributed by atoms with van der Waals surface area (Å²) in [5.41, 5.74) is 0. The van der Waals surface area contributed by atoms with Crippen LogP contribution in [-0.4, -0.2) is 18.6 Å². The molecular formula is C11H15NO3. The van der Waals surface area contributed by atoms with Crippen LogP contribution in [0.3, 0.4) is 0 Å². The normalized spacial score (nSPS) is 20.5. The minimum atomic E-state index is -0.263. The van der Waals surface area contributed by atoms with Crippen LogP contribution in [0, 0.1) is 6.92 Å². The van der Waals surface area contributed by atoms with Gasteiger partial charge in [0.05, 0.1) is 6.54 Å². The Hall–Kier alpha value is -1.29. The molecule has 2 heterocycles. The molecule has 1 aromatic heterocycles. The molecule has 1 unspecified atom stereocenters.